The smallest absolute Gasteiger partial charge is 0.242 e. The summed E-state index contributed by atoms with van der Waals surface area (Å²) in [5.41, 5.74) is 4.83. The molecule has 1 atom stereocenters. The summed E-state index contributed by atoms with van der Waals surface area (Å²) < 4.78 is 52.0. The van der Waals surface area contributed by atoms with E-state index in [9.17, 15) is 17.2 Å². The van der Waals surface area contributed by atoms with Crippen LogP contribution < -0.4 is 10.5 Å². The van der Waals surface area contributed by atoms with Gasteiger partial charge in [-0.1, -0.05) is 25.2 Å². The van der Waals surface area contributed by atoms with Crippen molar-refractivity contribution in [1.82, 2.24) is 0 Å². The zero-order valence-electron chi connectivity index (χ0n) is 9.48. The summed E-state index contributed by atoms with van der Waals surface area (Å²) >= 11 is 4.63. The molecule has 18 heavy (non-hydrogen) atoms. The van der Waals surface area contributed by atoms with Crippen molar-refractivity contribution in [1.29, 1.82) is 0 Å². The predicted octanol–water partition coefficient (Wildman–Crippen LogP) is 1.77. The minimum Gasteiger partial charge on any atom is -0.392 e. The Hall–Kier alpha value is -1.28. The molecule has 0 heterocycles. The highest BCUT2D eigenvalue weighted by Crippen LogP contribution is 2.20. The molecule has 1 aromatic rings. The molecule has 0 bridgehead atoms. The van der Waals surface area contributed by atoms with E-state index >= 15 is 0 Å². The van der Waals surface area contributed by atoms with Gasteiger partial charge in [0.25, 0.3) is 0 Å². The third kappa shape index (κ3) is 3.14. The first-order valence-corrected chi connectivity index (χ1v) is 7.00. The Kier molecular flexibility index (Phi) is 4.58. The van der Waals surface area contributed by atoms with Gasteiger partial charge in [-0.25, -0.2) is 17.2 Å². The van der Waals surface area contributed by atoms with E-state index in [0.29, 0.717) is 0 Å². The Morgan fingerprint density at radius 1 is 1.50 bits per heavy atom. The second-order valence-corrected chi connectivity index (χ2v) is 5.88. The number of sulfonamides is 1. The fraction of sp³-hybridized carbons (Fsp3) is 0.300. The summed E-state index contributed by atoms with van der Waals surface area (Å²) in [6, 6.07) is 3.19. The summed E-state index contributed by atoms with van der Waals surface area (Å²) in [6.45, 7) is 1.57. The van der Waals surface area contributed by atoms with Gasteiger partial charge in [-0.05, 0) is 18.6 Å². The Morgan fingerprint density at radius 2 is 2.11 bits per heavy atom. The van der Waals surface area contributed by atoms with Gasteiger partial charge in [0.1, 0.15) is 5.25 Å². The lowest BCUT2D eigenvalue weighted by atomic mass is 10.3. The molecule has 1 unspecified atom stereocenters. The third-order valence-corrected chi connectivity index (χ3v) is 4.54. The van der Waals surface area contributed by atoms with Crippen LogP contribution in [0.2, 0.25) is 0 Å². The lowest BCUT2D eigenvalue weighted by Gasteiger charge is -2.16. The first kappa shape index (κ1) is 14.8. The van der Waals surface area contributed by atoms with Crippen molar-refractivity contribution in [3.8, 4) is 0 Å². The molecule has 3 N–H and O–H groups in total. The standard InChI is InChI=1S/C10H12F2N2O2S2/c1-2-8(10(13)17)18(15,16)14-7-5-3-4-6(11)9(7)12/h3-5,8,14H,2H2,1H3,(H2,13,17). The van der Waals surface area contributed by atoms with Gasteiger partial charge in [0, 0.05) is 0 Å². The van der Waals surface area contributed by atoms with E-state index in [-0.39, 0.29) is 11.4 Å². The Labute approximate surface area is 109 Å². The van der Waals surface area contributed by atoms with Crippen LogP contribution >= 0.6 is 12.2 Å². The monoisotopic (exact) mass is 294 g/mol. The highest BCUT2D eigenvalue weighted by Gasteiger charge is 2.27. The lowest BCUT2D eigenvalue weighted by molar-refractivity contribution is 0.511. The topological polar surface area (TPSA) is 72.2 Å². The minimum absolute atomic E-state index is 0.140. The fourth-order valence-electron chi connectivity index (χ4n) is 1.38. The number of nitrogens with two attached hydrogens (primary N) is 1. The van der Waals surface area contributed by atoms with Crippen LogP contribution in [0.5, 0.6) is 0 Å². The molecule has 0 fully saturated rings. The summed E-state index contributed by atoms with van der Waals surface area (Å²) in [7, 11) is -3.99. The van der Waals surface area contributed by atoms with Crippen molar-refractivity contribution in [2.75, 3.05) is 4.72 Å². The molecule has 1 rings (SSSR count). The fourth-order valence-corrected chi connectivity index (χ4v) is 3.28. The van der Waals surface area contributed by atoms with Gasteiger partial charge in [0.15, 0.2) is 11.6 Å². The van der Waals surface area contributed by atoms with Crippen molar-refractivity contribution >= 4 is 32.9 Å². The first-order valence-electron chi connectivity index (χ1n) is 5.04. The summed E-state index contributed by atoms with van der Waals surface area (Å²) in [6.07, 6.45) is 0.140. The molecule has 4 nitrogen and oxygen atoms in total. The number of hydrogen-bond donors (Lipinski definition) is 2. The second-order valence-electron chi connectivity index (χ2n) is 3.55. The summed E-state index contributed by atoms with van der Waals surface area (Å²) in [4.78, 5) is -0.221. The minimum atomic E-state index is -3.99. The summed E-state index contributed by atoms with van der Waals surface area (Å²) in [5.74, 6) is -2.41. The number of benzene rings is 1. The Morgan fingerprint density at radius 3 is 2.61 bits per heavy atom. The van der Waals surface area contributed by atoms with Crippen molar-refractivity contribution in [2.45, 2.75) is 18.6 Å². The molecule has 0 aliphatic carbocycles. The molecular formula is C10H12F2N2O2S2. The number of rotatable bonds is 5. The molecule has 0 radical (unpaired) electrons. The van der Waals surface area contributed by atoms with E-state index in [4.69, 9.17) is 5.73 Å². The quantitative estimate of drug-likeness (QED) is 0.812. The van der Waals surface area contributed by atoms with Crippen LogP contribution in [0.15, 0.2) is 18.2 Å². The zero-order chi connectivity index (χ0) is 13.9. The molecule has 0 saturated carbocycles. The van der Waals surface area contributed by atoms with Crippen LogP contribution in [-0.4, -0.2) is 18.7 Å². The van der Waals surface area contributed by atoms with Crippen LogP contribution in [0.25, 0.3) is 0 Å². The van der Waals surface area contributed by atoms with Gasteiger partial charge < -0.3 is 5.73 Å². The van der Waals surface area contributed by atoms with Crippen LogP contribution in [0.1, 0.15) is 13.3 Å². The second kappa shape index (κ2) is 5.57. The predicted molar refractivity (Wildman–Crippen MR) is 69.8 cm³/mol. The van der Waals surface area contributed by atoms with Gasteiger partial charge >= 0.3 is 0 Å². The van der Waals surface area contributed by atoms with Crippen LogP contribution in [-0.2, 0) is 10.0 Å². The van der Waals surface area contributed by atoms with Crippen molar-refractivity contribution < 1.29 is 17.2 Å². The van der Waals surface area contributed by atoms with Gasteiger partial charge in [0.05, 0.1) is 10.7 Å². The molecule has 100 valence electrons. The average Bonchev–Trinajstić information content (AvgIpc) is 2.24. The molecule has 0 saturated heterocycles. The van der Waals surface area contributed by atoms with Gasteiger partial charge in [0.2, 0.25) is 10.0 Å². The maximum Gasteiger partial charge on any atom is 0.242 e. The van der Waals surface area contributed by atoms with Crippen molar-refractivity contribution in [3.05, 3.63) is 29.8 Å². The molecule has 0 spiro atoms. The molecule has 1 aromatic carbocycles. The number of halogens is 2. The number of anilines is 1. The van der Waals surface area contributed by atoms with Crippen LogP contribution in [0.3, 0.4) is 0 Å². The third-order valence-electron chi connectivity index (χ3n) is 2.27. The molecule has 0 aliphatic heterocycles. The molecule has 0 amide bonds. The maximum absolute atomic E-state index is 13.3. The molecular weight excluding hydrogens is 282 g/mol. The normalized spacial score (nSPS) is 13.1. The Bertz CT molecular complexity index is 561. The zero-order valence-corrected chi connectivity index (χ0v) is 11.1. The van der Waals surface area contributed by atoms with Crippen LogP contribution in [0.4, 0.5) is 14.5 Å². The van der Waals surface area contributed by atoms with Crippen molar-refractivity contribution in [2.24, 2.45) is 5.73 Å². The molecule has 0 aliphatic rings. The van der Waals surface area contributed by atoms with Gasteiger partial charge in [-0.3, -0.25) is 4.72 Å². The van der Waals surface area contributed by atoms with E-state index in [1.54, 1.807) is 6.92 Å². The number of nitrogens with one attached hydrogen (secondary N) is 1. The Balaban J connectivity index is 3.10. The van der Waals surface area contributed by atoms with E-state index in [2.05, 4.69) is 12.2 Å². The molecule has 0 aromatic heterocycles. The average molecular weight is 294 g/mol. The number of hydrogen-bond acceptors (Lipinski definition) is 3. The van der Waals surface area contributed by atoms with E-state index in [0.717, 1.165) is 12.1 Å². The lowest BCUT2D eigenvalue weighted by Crippen LogP contribution is -2.37. The summed E-state index contributed by atoms with van der Waals surface area (Å²) in [5, 5.41) is -1.13. The van der Waals surface area contributed by atoms with E-state index in [1.165, 1.54) is 6.07 Å². The van der Waals surface area contributed by atoms with Gasteiger partial charge in [-0.15, -0.1) is 0 Å². The van der Waals surface area contributed by atoms with Gasteiger partial charge in [-0.2, -0.15) is 0 Å². The largest absolute Gasteiger partial charge is 0.392 e. The highest BCUT2D eigenvalue weighted by molar-refractivity contribution is 7.95. The first-order chi connectivity index (χ1) is 8.29. The van der Waals surface area contributed by atoms with E-state index in [1.807, 2.05) is 4.72 Å². The maximum atomic E-state index is 13.3. The SMILES string of the molecule is CCC(C(N)=S)S(=O)(=O)Nc1cccc(F)c1F. The number of thiocarbonyl (C=S) groups is 1. The highest BCUT2D eigenvalue weighted by atomic mass is 32.2. The van der Waals surface area contributed by atoms with Crippen LogP contribution in [0, 0.1) is 11.6 Å². The van der Waals surface area contributed by atoms with E-state index < -0.39 is 32.6 Å². The van der Waals surface area contributed by atoms with Crippen molar-refractivity contribution in [3.63, 3.8) is 0 Å². The molecule has 8 heteroatoms.